The normalized spacial score (nSPS) is 10.2. The fourth-order valence-electron chi connectivity index (χ4n) is 2.27. The zero-order valence-corrected chi connectivity index (χ0v) is 13.6. The molecule has 0 aliphatic rings. The van der Waals surface area contributed by atoms with E-state index in [1.807, 2.05) is 81.4 Å². The summed E-state index contributed by atoms with van der Waals surface area (Å²) in [4.78, 5) is 16.2. The van der Waals surface area contributed by atoms with Crippen molar-refractivity contribution in [3.05, 3.63) is 54.1 Å². The highest BCUT2D eigenvalue weighted by molar-refractivity contribution is 6.01. The summed E-state index contributed by atoms with van der Waals surface area (Å²) in [6.45, 7) is 4.61. The van der Waals surface area contributed by atoms with E-state index in [1.165, 1.54) is 0 Å². The van der Waals surface area contributed by atoms with Crippen LogP contribution in [-0.2, 0) is 0 Å². The summed E-state index contributed by atoms with van der Waals surface area (Å²) in [7, 11) is 3.98. The molecule has 0 aliphatic heterocycles. The molecule has 0 fully saturated rings. The second-order valence-corrected chi connectivity index (χ2v) is 5.45. The summed E-state index contributed by atoms with van der Waals surface area (Å²) >= 11 is 0. The van der Waals surface area contributed by atoms with Crippen LogP contribution in [0, 0.1) is 6.92 Å². The van der Waals surface area contributed by atoms with Crippen molar-refractivity contribution in [1.82, 2.24) is 0 Å². The average molecular weight is 297 g/mol. The van der Waals surface area contributed by atoms with E-state index in [-0.39, 0.29) is 6.03 Å². The van der Waals surface area contributed by atoms with Gasteiger partial charge in [0.15, 0.2) is 0 Å². The minimum Gasteiger partial charge on any atom is -0.378 e. The first-order valence-electron chi connectivity index (χ1n) is 7.44. The number of carbonyl (C=O) groups excluding carboxylic acids is 1. The third-order valence-corrected chi connectivity index (χ3v) is 3.51. The number of aryl methyl sites for hydroxylation is 1. The van der Waals surface area contributed by atoms with Gasteiger partial charge in [0.05, 0.1) is 0 Å². The second-order valence-electron chi connectivity index (χ2n) is 5.45. The number of rotatable bonds is 4. The van der Waals surface area contributed by atoms with Crippen LogP contribution in [0.2, 0.25) is 0 Å². The van der Waals surface area contributed by atoms with Crippen molar-refractivity contribution in [2.75, 3.05) is 35.8 Å². The summed E-state index contributed by atoms with van der Waals surface area (Å²) in [6.07, 6.45) is 0. The van der Waals surface area contributed by atoms with E-state index < -0.39 is 0 Å². The van der Waals surface area contributed by atoms with E-state index in [0.29, 0.717) is 6.54 Å². The van der Waals surface area contributed by atoms with Crippen molar-refractivity contribution >= 4 is 23.1 Å². The molecule has 0 bridgehead atoms. The molecule has 0 heterocycles. The highest BCUT2D eigenvalue weighted by Crippen LogP contribution is 2.19. The number of nitrogens with one attached hydrogen (secondary N) is 1. The van der Waals surface area contributed by atoms with Crippen LogP contribution >= 0.6 is 0 Å². The summed E-state index contributed by atoms with van der Waals surface area (Å²) in [5.41, 5.74) is 3.94. The smallest absolute Gasteiger partial charge is 0.326 e. The Morgan fingerprint density at radius 3 is 2.27 bits per heavy atom. The quantitative estimate of drug-likeness (QED) is 0.921. The molecule has 4 heteroatoms. The molecule has 0 atom stereocenters. The average Bonchev–Trinajstić information content (AvgIpc) is 2.48. The number of carbonyl (C=O) groups is 1. The van der Waals surface area contributed by atoms with Crippen LogP contribution in [0.25, 0.3) is 0 Å². The lowest BCUT2D eigenvalue weighted by molar-refractivity contribution is 0.257. The van der Waals surface area contributed by atoms with Crippen molar-refractivity contribution in [1.29, 1.82) is 0 Å². The molecule has 0 unspecified atom stereocenters. The number of benzene rings is 2. The Morgan fingerprint density at radius 1 is 1.05 bits per heavy atom. The molecule has 4 nitrogen and oxygen atoms in total. The van der Waals surface area contributed by atoms with Gasteiger partial charge in [-0.2, -0.15) is 0 Å². The topological polar surface area (TPSA) is 35.6 Å². The van der Waals surface area contributed by atoms with Crippen molar-refractivity contribution in [3.8, 4) is 0 Å². The summed E-state index contributed by atoms with van der Waals surface area (Å²) in [5, 5.41) is 2.95. The second kappa shape index (κ2) is 6.98. The molecule has 2 rings (SSSR count). The van der Waals surface area contributed by atoms with E-state index in [4.69, 9.17) is 0 Å². The maximum absolute atomic E-state index is 12.5. The maximum atomic E-state index is 12.5. The van der Waals surface area contributed by atoms with Crippen molar-refractivity contribution in [2.45, 2.75) is 13.8 Å². The van der Waals surface area contributed by atoms with Crippen molar-refractivity contribution < 1.29 is 4.79 Å². The summed E-state index contributed by atoms with van der Waals surface area (Å²) < 4.78 is 0. The van der Waals surface area contributed by atoms with Crippen molar-refractivity contribution in [3.63, 3.8) is 0 Å². The minimum absolute atomic E-state index is 0.120. The standard InChI is InChI=1S/C18H23N3O/c1-5-21(17-8-6-7-14(2)13-17)18(22)19-15-9-11-16(12-10-15)20(3)4/h6-13H,5H2,1-4H3,(H,19,22). The van der Waals surface area contributed by atoms with Gasteiger partial charge in [-0.25, -0.2) is 4.79 Å². The first-order chi connectivity index (χ1) is 10.5. The third kappa shape index (κ3) is 3.79. The number of anilines is 3. The van der Waals surface area contributed by atoms with Crippen LogP contribution in [-0.4, -0.2) is 26.7 Å². The first kappa shape index (κ1) is 15.9. The van der Waals surface area contributed by atoms with Gasteiger partial charge in [0.25, 0.3) is 0 Å². The molecule has 0 saturated carbocycles. The van der Waals surface area contributed by atoms with Gasteiger partial charge < -0.3 is 10.2 Å². The summed E-state index contributed by atoms with van der Waals surface area (Å²) in [5.74, 6) is 0. The molecule has 0 spiro atoms. The lowest BCUT2D eigenvalue weighted by atomic mass is 10.2. The Hall–Kier alpha value is -2.49. The molecule has 0 saturated heterocycles. The van der Waals surface area contributed by atoms with Crippen LogP contribution < -0.4 is 15.1 Å². The zero-order chi connectivity index (χ0) is 16.1. The van der Waals surface area contributed by atoms with Gasteiger partial charge in [-0.1, -0.05) is 12.1 Å². The van der Waals surface area contributed by atoms with Crippen LogP contribution in [0.15, 0.2) is 48.5 Å². The number of hydrogen-bond donors (Lipinski definition) is 1. The largest absolute Gasteiger partial charge is 0.378 e. The van der Waals surface area contributed by atoms with E-state index >= 15 is 0 Å². The maximum Gasteiger partial charge on any atom is 0.326 e. The molecule has 2 aromatic carbocycles. The first-order valence-corrected chi connectivity index (χ1v) is 7.44. The van der Waals surface area contributed by atoms with E-state index in [0.717, 1.165) is 22.6 Å². The SMILES string of the molecule is CCN(C(=O)Nc1ccc(N(C)C)cc1)c1cccc(C)c1. The lowest BCUT2D eigenvalue weighted by Crippen LogP contribution is -2.34. The van der Waals surface area contributed by atoms with E-state index in [2.05, 4.69) is 5.32 Å². The van der Waals surface area contributed by atoms with Crippen LogP contribution in [0.4, 0.5) is 21.9 Å². The van der Waals surface area contributed by atoms with E-state index in [9.17, 15) is 4.79 Å². The van der Waals surface area contributed by atoms with Gasteiger partial charge in [0.1, 0.15) is 0 Å². The van der Waals surface area contributed by atoms with E-state index in [1.54, 1.807) is 4.90 Å². The van der Waals surface area contributed by atoms with Gasteiger partial charge in [-0.05, 0) is 55.8 Å². The van der Waals surface area contributed by atoms with Gasteiger partial charge in [0.2, 0.25) is 0 Å². The molecular weight excluding hydrogens is 274 g/mol. The van der Waals surface area contributed by atoms with Crippen LogP contribution in [0.3, 0.4) is 0 Å². The molecule has 22 heavy (non-hydrogen) atoms. The van der Waals surface area contributed by atoms with Gasteiger partial charge in [-0.3, -0.25) is 4.90 Å². The Balaban J connectivity index is 2.12. The van der Waals surface area contributed by atoms with Crippen LogP contribution in [0.1, 0.15) is 12.5 Å². The van der Waals surface area contributed by atoms with Gasteiger partial charge in [-0.15, -0.1) is 0 Å². The lowest BCUT2D eigenvalue weighted by Gasteiger charge is -2.22. The Labute approximate surface area is 132 Å². The van der Waals surface area contributed by atoms with Crippen LogP contribution in [0.5, 0.6) is 0 Å². The molecule has 1 N–H and O–H groups in total. The van der Waals surface area contributed by atoms with Gasteiger partial charge in [0, 0.05) is 37.7 Å². The minimum atomic E-state index is -0.120. The number of nitrogens with zero attached hydrogens (tertiary/aromatic N) is 2. The predicted molar refractivity (Wildman–Crippen MR) is 94.0 cm³/mol. The number of amides is 2. The van der Waals surface area contributed by atoms with Crippen molar-refractivity contribution in [2.24, 2.45) is 0 Å². The number of hydrogen-bond acceptors (Lipinski definition) is 2. The Bertz CT molecular complexity index is 635. The predicted octanol–water partition coefficient (Wildman–Crippen LogP) is 4.12. The number of urea groups is 1. The van der Waals surface area contributed by atoms with Gasteiger partial charge >= 0.3 is 6.03 Å². The third-order valence-electron chi connectivity index (χ3n) is 3.51. The summed E-state index contributed by atoms with van der Waals surface area (Å²) in [6, 6.07) is 15.6. The molecule has 0 aliphatic carbocycles. The monoisotopic (exact) mass is 297 g/mol. The Kier molecular flexibility index (Phi) is 5.04. The fraction of sp³-hybridized carbons (Fsp3) is 0.278. The molecular formula is C18H23N3O. The fourth-order valence-corrected chi connectivity index (χ4v) is 2.27. The molecule has 0 radical (unpaired) electrons. The molecule has 2 amide bonds. The zero-order valence-electron chi connectivity index (χ0n) is 13.6. The molecule has 2 aromatic rings. The Morgan fingerprint density at radius 2 is 1.73 bits per heavy atom. The highest BCUT2D eigenvalue weighted by Gasteiger charge is 2.14. The molecule has 116 valence electrons. The highest BCUT2D eigenvalue weighted by atomic mass is 16.2. The molecule has 0 aromatic heterocycles.